The lowest BCUT2D eigenvalue weighted by Gasteiger charge is -2.14. The molecule has 120 valence electrons. The molecule has 4 rings (SSSR count). The van der Waals surface area contributed by atoms with Crippen LogP contribution in [0.15, 0.2) is 53.5 Å². The van der Waals surface area contributed by atoms with Crippen molar-refractivity contribution in [3.63, 3.8) is 0 Å². The SMILES string of the molecule is CC(Nc1cc(-c2ccccc2)nc2ccnn12)c1n[nH]c(=O)[nH]1. The summed E-state index contributed by atoms with van der Waals surface area (Å²) in [7, 11) is 0. The monoisotopic (exact) mass is 321 g/mol. The molecule has 3 heterocycles. The molecule has 24 heavy (non-hydrogen) atoms. The first-order valence-electron chi connectivity index (χ1n) is 7.52. The fourth-order valence-electron chi connectivity index (χ4n) is 2.55. The van der Waals surface area contributed by atoms with Gasteiger partial charge < -0.3 is 5.32 Å². The molecule has 8 nitrogen and oxygen atoms in total. The van der Waals surface area contributed by atoms with Gasteiger partial charge in [-0.3, -0.25) is 4.98 Å². The molecule has 1 atom stereocenters. The van der Waals surface area contributed by atoms with Gasteiger partial charge in [0.25, 0.3) is 0 Å². The summed E-state index contributed by atoms with van der Waals surface area (Å²) in [6.07, 6.45) is 1.70. The van der Waals surface area contributed by atoms with Crippen molar-refractivity contribution >= 4 is 11.5 Å². The third kappa shape index (κ3) is 2.54. The van der Waals surface area contributed by atoms with Gasteiger partial charge in [-0.2, -0.15) is 14.7 Å². The Balaban J connectivity index is 1.76. The van der Waals surface area contributed by atoms with E-state index < -0.39 is 0 Å². The molecule has 0 radical (unpaired) electrons. The molecule has 3 N–H and O–H groups in total. The maximum absolute atomic E-state index is 11.2. The van der Waals surface area contributed by atoms with Crippen LogP contribution in [0.5, 0.6) is 0 Å². The van der Waals surface area contributed by atoms with E-state index in [0.717, 1.165) is 22.7 Å². The van der Waals surface area contributed by atoms with Gasteiger partial charge in [-0.25, -0.2) is 14.9 Å². The maximum atomic E-state index is 11.2. The van der Waals surface area contributed by atoms with Gasteiger partial charge >= 0.3 is 5.69 Å². The van der Waals surface area contributed by atoms with E-state index in [9.17, 15) is 4.79 Å². The minimum absolute atomic E-state index is 0.206. The molecule has 0 aliphatic heterocycles. The van der Waals surface area contributed by atoms with Gasteiger partial charge in [0.1, 0.15) is 5.82 Å². The van der Waals surface area contributed by atoms with Crippen molar-refractivity contribution in [2.75, 3.05) is 5.32 Å². The van der Waals surface area contributed by atoms with Crippen molar-refractivity contribution in [1.29, 1.82) is 0 Å². The number of H-pyrrole nitrogens is 2. The Hall–Kier alpha value is -3.42. The standard InChI is InChI=1S/C16H15N7O/c1-10(15-20-16(24)22-21-15)18-14-9-12(11-5-3-2-4-6-11)19-13-7-8-17-23(13)14/h2-10,18H,1H3,(H2,20,21,22,24). The maximum Gasteiger partial charge on any atom is 0.340 e. The average molecular weight is 321 g/mol. The Morgan fingerprint density at radius 2 is 2.04 bits per heavy atom. The van der Waals surface area contributed by atoms with Crippen LogP contribution in [0.2, 0.25) is 0 Å². The van der Waals surface area contributed by atoms with Crippen molar-refractivity contribution in [3.8, 4) is 11.3 Å². The van der Waals surface area contributed by atoms with E-state index in [2.05, 4.69) is 30.6 Å². The molecule has 0 bridgehead atoms. The zero-order valence-corrected chi connectivity index (χ0v) is 12.9. The molecule has 1 unspecified atom stereocenters. The fourth-order valence-corrected chi connectivity index (χ4v) is 2.55. The minimum Gasteiger partial charge on any atom is -0.360 e. The van der Waals surface area contributed by atoms with Crippen molar-refractivity contribution in [3.05, 3.63) is 65.0 Å². The van der Waals surface area contributed by atoms with Crippen molar-refractivity contribution in [2.45, 2.75) is 13.0 Å². The van der Waals surface area contributed by atoms with E-state index >= 15 is 0 Å². The van der Waals surface area contributed by atoms with Crippen LogP contribution in [-0.2, 0) is 0 Å². The Bertz CT molecular complexity index is 1030. The second kappa shape index (κ2) is 5.65. The van der Waals surface area contributed by atoms with Crippen LogP contribution in [0, 0.1) is 0 Å². The van der Waals surface area contributed by atoms with E-state index in [-0.39, 0.29) is 11.7 Å². The molecule has 0 saturated heterocycles. The molecule has 0 aliphatic rings. The zero-order valence-electron chi connectivity index (χ0n) is 12.9. The quantitative estimate of drug-likeness (QED) is 0.533. The summed E-state index contributed by atoms with van der Waals surface area (Å²) in [4.78, 5) is 18.5. The second-order valence-electron chi connectivity index (χ2n) is 5.42. The molecule has 0 fully saturated rings. The molecular weight excluding hydrogens is 306 g/mol. The van der Waals surface area contributed by atoms with Crippen LogP contribution in [0.25, 0.3) is 16.9 Å². The van der Waals surface area contributed by atoms with Crippen LogP contribution < -0.4 is 11.0 Å². The van der Waals surface area contributed by atoms with Crippen LogP contribution >= 0.6 is 0 Å². The third-order valence-electron chi connectivity index (χ3n) is 3.72. The van der Waals surface area contributed by atoms with Gasteiger partial charge in [-0.15, -0.1) is 0 Å². The number of hydrogen-bond acceptors (Lipinski definition) is 5. The lowest BCUT2D eigenvalue weighted by molar-refractivity contribution is 0.777. The molecule has 0 aliphatic carbocycles. The Morgan fingerprint density at radius 3 is 2.79 bits per heavy atom. The van der Waals surface area contributed by atoms with Crippen LogP contribution in [0.1, 0.15) is 18.8 Å². The van der Waals surface area contributed by atoms with E-state index in [1.54, 1.807) is 10.7 Å². The number of rotatable bonds is 4. The van der Waals surface area contributed by atoms with Crippen molar-refractivity contribution in [1.82, 2.24) is 29.8 Å². The summed E-state index contributed by atoms with van der Waals surface area (Å²) < 4.78 is 1.72. The van der Waals surface area contributed by atoms with Crippen LogP contribution in [0.3, 0.4) is 0 Å². The second-order valence-corrected chi connectivity index (χ2v) is 5.42. The van der Waals surface area contributed by atoms with Gasteiger partial charge in [0.2, 0.25) is 0 Å². The molecular formula is C16H15N7O. The van der Waals surface area contributed by atoms with Gasteiger partial charge in [-0.05, 0) is 6.92 Å². The first-order valence-corrected chi connectivity index (χ1v) is 7.52. The van der Waals surface area contributed by atoms with Crippen LogP contribution in [-0.4, -0.2) is 29.8 Å². The number of aromatic amines is 2. The highest BCUT2D eigenvalue weighted by atomic mass is 16.1. The first-order chi connectivity index (χ1) is 11.7. The number of aromatic nitrogens is 6. The summed E-state index contributed by atoms with van der Waals surface area (Å²) in [5.74, 6) is 1.29. The summed E-state index contributed by atoms with van der Waals surface area (Å²) in [5, 5.41) is 13.9. The average Bonchev–Trinajstić information content (AvgIpc) is 3.24. The summed E-state index contributed by atoms with van der Waals surface area (Å²) >= 11 is 0. The lowest BCUT2D eigenvalue weighted by Crippen LogP contribution is -2.13. The van der Waals surface area contributed by atoms with Gasteiger partial charge in [0, 0.05) is 17.7 Å². The van der Waals surface area contributed by atoms with Gasteiger partial charge in [0.15, 0.2) is 11.5 Å². The molecule has 0 amide bonds. The van der Waals surface area contributed by atoms with Crippen molar-refractivity contribution in [2.24, 2.45) is 0 Å². The highest BCUT2D eigenvalue weighted by Crippen LogP contribution is 2.24. The Kier molecular flexibility index (Phi) is 3.34. The lowest BCUT2D eigenvalue weighted by atomic mass is 10.1. The highest BCUT2D eigenvalue weighted by Gasteiger charge is 2.13. The third-order valence-corrected chi connectivity index (χ3v) is 3.72. The topological polar surface area (TPSA) is 104 Å². The van der Waals surface area contributed by atoms with Crippen LogP contribution in [0.4, 0.5) is 5.82 Å². The number of benzene rings is 1. The largest absolute Gasteiger partial charge is 0.360 e. The van der Waals surface area contributed by atoms with Gasteiger partial charge in [-0.1, -0.05) is 30.3 Å². The number of nitrogens with one attached hydrogen (secondary N) is 3. The summed E-state index contributed by atoms with van der Waals surface area (Å²) in [5.41, 5.74) is 2.27. The van der Waals surface area contributed by atoms with E-state index in [1.165, 1.54) is 0 Å². The normalized spacial score (nSPS) is 12.4. The van der Waals surface area contributed by atoms with Gasteiger partial charge in [0.05, 0.1) is 17.9 Å². The highest BCUT2D eigenvalue weighted by molar-refractivity contribution is 5.66. The predicted molar refractivity (Wildman–Crippen MR) is 89.7 cm³/mol. The van der Waals surface area contributed by atoms with E-state index in [1.807, 2.05) is 49.4 Å². The summed E-state index contributed by atoms with van der Waals surface area (Å²) in [6, 6.07) is 13.5. The molecule has 0 spiro atoms. The Labute approximate surface area is 136 Å². The van der Waals surface area contributed by atoms with Crippen molar-refractivity contribution < 1.29 is 0 Å². The number of hydrogen-bond donors (Lipinski definition) is 3. The zero-order chi connectivity index (χ0) is 16.5. The number of fused-ring (bicyclic) bond motifs is 1. The van der Waals surface area contributed by atoms with E-state index in [0.29, 0.717) is 5.82 Å². The minimum atomic E-state index is -0.331. The fraction of sp³-hybridized carbons (Fsp3) is 0.125. The number of nitrogens with zero attached hydrogens (tertiary/aromatic N) is 4. The molecule has 0 saturated carbocycles. The Morgan fingerprint density at radius 1 is 1.21 bits per heavy atom. The number of anilines is 1. The molecule has 1 aromatic carbocycles. The molecule has 8 heteroatoms. The smallest absolute Gasteiger partial charge is 0.340 e. The molecule has 4 aromatic rings. The predicted octanol–water partition coefficient (Wildman–Crippen LogP) is 1.98. The first kappa shape index (κ1) is 14.2. The molecule has 3 aromatic heterocycles. The van der Waals surface area contributed by atoms with E-state index in [4.69, 9.17) is 0 Å². The summed E-state index contributed by atoms with van der Waals surface area (Å²) in [6.45, 7) is 1.91.